The molecule has 1 aromatic rings. The first-order chi connectivity index (χ1) is 8.72. The van der Waals surface area contributed by atoms with Crippen molar-refractivity contribution in [3.8, 4) is 0 Å². The summed E-state index contributed by atoms with van der Waals surface area (Å²) >= 11 is 0. The molecule has 0 saturated carbocycles. The van der Waals surface area contributed by atoms with Crippen LogP contribution < -0.4 is 37.2 Å². The van der Waals surface area contributed by atoms with Gasteiger partial charge in [-0.1, -0.05) is 6.07 Å². The maximum Gasteiger partial charge on any atom is 3.00 e. The average molecular weight is 403 g/mol. The summed E-state index contributed by atoms with van der Waals surface area (Å²) in [4.78, 5) is 13.3. The number of aliphatic imine (C=N–C) groups is 2. The number of halogens is 3. The van der Waals surface area contributed by atoms with Gasteiger partial charge in [0.2, 0.25) is 11.8 Å². The molecule has 0 saturated heterocycles. The second-order valence-electron chi connectivity index (χ2n) is 4.60. The largest absolute Gasteiger partial charge is 3.00 e. The molecule has 120 valence electrons. The molecule has 0 amide bonds. The summed E-state index contributed by atoms with van der Waals surface area (Å²) in [5.41, 5.74) is 1.48. The van der Waals surface area contributed by atoms with Crippen LogP contribution in [0.2, 0.25) is 0 Å². The third kappa shape index (κ3) is 5.32. The number of aromatic nitrogens is 1. The molecular formula is C13H15Cl3N3O2V. The topological polar surface area (TPSA) is 56.1 Å². The van der Waals surface area contributed by atoms with E-state index in [4.69, 9.17) is 9.47 Å². The Hall–Kier alpha value is -0.456. The smallest absolute Gasteiger partial charge is 1.00 e. The van der Waals surface area contributed by atoms with E-state index in [0.717, 1.165) is 11.4 Å². The van der Waals surface area contributed by atoms with Crippen molar-refractivity contribution in [2.75, 3.05) is 13.2 Å². The fourth-order valence-electron chi connectivity index (χ4n) is 1.90. The maximum absolute atomic E-state index is 5.50. The summed E-state index contributed by atoms with van der Waals surface area (Å²) in [5.74, 6) is 1.21. The molecule has 22 heavy (non-hydrogen) atoms. The minimum absolute atomic E-state index is 0. The molecule has 0 spiro atoms. The van der Waals surface area contributed by atoms with Gasteiger partial charge in [-0.2, -0.15) is 0 Å². The van der Waals surface area contributed by atoms with Crippen LogP contribution in [0.4, 0.5) is 0 Å². The second kappa shape index (κ2) is 10.3. The number of rotatable bonds is 2. The van der Waals surface area contributed by atoms with Crippen LogP contribution in [0.25, 0.3) is 0 Å². The van der Waals surface area contributed by atoms with Crippen molar-refractivity contribution in [3.63, 3.8) is 0 Å². The molecule has 9 heteroatoms. The number of nitrogens with zero attached hydrogens (tertiary/aromatic N) is 3. The van der Waals surface area contributed by atoms with Crippen molar-refractivity contribution >= 4 is 11.8 Å². The monoisotopic (exact) mass is 401 g/mol. The van der Waals surface area contributed by atoms with Gasteiger partial charge in [0.25, 0.3) is 0 Å². The van der Waals surface area contributed by atoms with E-state index in [1.165, 1.54) is 0 Å². The van der Waals surface area contributed by atoms with E-state index in [-0.39, 0.29) is 67.9 Å². The zero-order chi connectivity index (χ0) is 12.5. The Labute approximate surface area is 160 Å². The van der Waals surface area contributed by atoms with Crippen molar-refractivity contribution in [3.05, 3.63) is 29.6 Å². The molecule has 0 fully saturated rings. The first kappa shape index (κ1) is 23.8. The van der Waals surface area contributed by atoms with Gasteiger partial charge in [0.05, 0.1) is 12.1 Å². The second-order valence-corrected chi connectivity index (χ2v) is 4.60. The van der Waals surface area contributed by atoms with E-state index in [2.05, 4.69) is 15.0 Å². The van der Waals surface area contributed by atoms with E-state index < -0.39 is 0 Å². The Kier molecular flexibility index (Phi) is 11.2. The number of hydrogen-bond acceptors (Lipinski definition) is 5. The quantitative estimate of drug-likeness (QED) is 0.494. The Morgan fingerprint density at radius 2 is 1.27 bits per heavy atom. The van der Waals surface area contributed by atoms with Crippen molar-refractivity contribution < 1.29 is 65.3 Å². The molecule has 0 aromatic carbocycles. The van der Waals surface area contributed by atoms with Gasteiger partial charge in [-0.05, 0) is 26.0 Å². The standard InChI is InChI=1S/C13H15N3O2.3ClH.V/c1-8-6-17-12(14-8)10-4-3-5-11(16-10)13-15-9(2)7-18-13;;;;/h3-5,8-9H,6-7H2,1-2H3;3*1H;/q;;;;+3/p-3. The SMILES string of the molecule is CC1COC(c2cccc(C3=NC(C)CO3)n2)=N1.[Cl-].[Cl-].[Cl-].[V+3]. The maximum atomic E-state index is 5.50. The normalized spacial score (nSPS) is 21.5. The minimum atomic E-state index is 0. The third-order valence-corrected chi connectivity index (χ3v) is 2.79. The Bertz CT molecular complexity index is 500. The number of pyridine rings is 1. The molecule has 5 nitrogen and oxygen atoms in total. The van der Waals surface area contributed by atoms with Gasteiger partial charge in [-0.25, -0.2) is 15.0 Å². The van der Waals surface area contributed by atoms with Crippen LogP contribution >= 0.6 is 0 Å². The molecule has 2 aliphatic rings. The Morgan fingerprint density at radius 3 is 1.59 bits per heavy atom. The van der Waals surface area contributed by atoms with Crippen molar-refractivity contribution in [1.82, 2.24) is 4.98 Å². The molecule has 2 unspecified atom stereocenters. The minimum Gasteiger partial charge on any atom is -1.00 e. The van der Waals surface area contributed by atoms with Crippen molar-refractivity contribution in [1.29, 1.82) is 0 Å². The summed E-state index contributed by atoms with van der Waals surface area (Å²) in [7, 11) is 0. The van der Waals surface area contributed by atoms with Gasteiger partial charge in [0.15, 0.2) is 0 Å². The van der Waals surface area contributed by atoms with Crippen LogP contribution in [0.15, 0.2) is 28.2 Å². The van der Waals surface area contributed by atoms with Crippen molar-refractivity contribution in [2.45, 2.75) is 25.9 Å². The van der Waals surface area contributed by atoms with Gasteiger partial charge in [0, 0.05) is 0 Å². The first-order valence-corrected chi connectivity index (χ1v) is 6.11. The van der Waals surface area contributed by atoms with Gasteiger partial charge in [0.1, 0.15) is 24.6 Å². The van der Waals surface area contributed by atoms with E-state index in [9.17, 15) is 0 Å². The van der Waals surface area contributed by atoms with Gasteiger partial charge >= 0.3 is 18.6 Å². The summed E-state index contributed by atoms with van der Waals surface area (Å²) in [5, 5.41) is 0. The van der Waals surface area contributed by atoms with Crippen LogP contribution in [-0.4, -0.2) is 42.1 Å². The summed E-state index contributed by atoms with van der Waals surface area (Å²) in [6.07, 6.45) is 0. The van der Waals surface area contributed by atoms with Crippen LogP contribution in [-0.2, 0) is 28.0 Å². The molecular weight excluding hydrogens is 387 g/mol. The van der Waals surface area contributed by atoms with E-state index in [0.29, 0.717) is 25.0 Å². The number of ether oxygens (including phenoxy) is 2. The molecule has 1 aromatic heterocycles. The van der Waals surface area contributed by atoms with Gasteiger partial charge < -0.3 is 46.7 Å². The molecule has 0 radical (unpaired) electrons. The molecule has 0 N–H and O–H groups in total. The van der Waals surface area contributed by atoms with Crippen LogP contribution in [0.5, 0.6) is 0 Å². The zero-order valence-corrected chi connectivity index (χ0v) is 15.7. The van der Waals surface area contributed by atoms with Gasteiger partial charge in [-0.15, -0.1) is 0 Å². The summed E-state index contributed by atoms with van der Waals surface area (Å²) in [6, 6.07) is 6.09. The molecule has 3 heterocycles. The average Bonchev–Trinajstić information content (AvgIpc) is 2.98. The predicted octanol–water partition coefficient (Wildman–Crippen LogP) is -7.58. The molecule has 0 bridgehead atoms. The van der Waals surface area contributed by atoms with E-state index in [1.807, 2.05) is 32.0 Å². The summed E-state index contributed by atoms with van der Waals surface area (Å²) < 4.78 is 11.0. The summed E-state index contributed by atoms with van der Waals surface area (Å²) in [6.45, 7) is 5.27. The fraction of sp³-hybridized carbons (Fsp3) is 0.462. The first-order valence-electron chi connectivity index (χ1n) is 6.11. The predicted molar refractivity (Wildman–Crippen MR) is 68.1 cm³/mol. The van der Waals surface area contributed by atoms with E-state index in [1.54, 1.807) is 0 Å². The van der Waals surface area contributed by atoms with Gasteiger partial charge in [-0.3, -0.25) is 0 Å². The van der Waals surface area contributed by atoms with Crippen LogP contribution in [0, 0.1) is 0 Å². The fourth-order valence-corrected chi connectivity index (χ4v) is 1.90. The Morgan fingerprint density at radius 1 is 0.864 bits per heavy atom. The molecule has 2 aliphatic heterocycles. The molecule has 0 aliphatic carbocycles. The number of hydrogen-bond donors (Lipinski definition) is 0. The van der Waals surface area contributed by atoms with Crippen LogP contribution in [0.1, 0.15) is 25.2 Å². The molecule has 2 atom stereocenters. The Balaban J connectivity index is 0. The zero-order valence-electron chi connectivity index (χ0n) is 12.0. The van der Waals surface area contributed by atoms with E-state index >= 15 is 0 Å². The van der Waals surface area contributed by atoms with Crippen LogP contribution in [0.3, 0.4) is 0 Å². The van der Waals surface area contributed by atoms with Crippen molar-refractivity contribution in [2.24, 2.45) is 9.98 Å². The third-order valence-electron chi connectivity index (χ3n) is 2.79. The molecule has 3 rings (SSSR count).